The quantitative estimate of drug-likeness (QED) is 0.925. The molecule has 0 bridgehead atoms. The number of halogens is 1. The van der Waals surface area contributed by atoms with Crippen LogP contribution in [0.2, 0.25) is 0 Å². The maximum Gasteiger partial charge on any atom is 0.237 e. The minimum atomic E-state index is -1.09. The number of nitrogens with one attached hydrogen (secondary N) is 1. The third kappa shape index (κ3) is 3.17. The van der Waals surface area contributed by atoms with Crippen molar-refractivity contribution in [3.63, 3.8) is 0 Å². The van der Waals surface area contributed by atoms with Crippen LogP contribution in [0.3, 0.4) is 0 Å². The lowest BCUT2D eigenvalue weighted by atomic mass is 9.97. The van der Waals surface area contributed by atoms with Crippen molar-refractivity contribution in [3.05, 3.63) is 22.4 Å². The Labute approximate surface area is 122 Å². The molecule has 1 aliphatic heterocycles. The summed E-state index contributed by atoms with van der Waals surface area (Å²) in [7, 11) is 0. The van der Waals surface area contributed by atoms with Gasteiger partial charge in [-0.05, 0) is 36.2 Å². The first kappa shape index (κ1) is 14.9. The molecule has 2 atom stereocenters. The molecule has 1 aromatic rings. The Kier molecular flexibility index (Phi) is 4.41. The van der Waals surface area contributed by atoms with Crippen molar-refractivity contribution in [2.75, 3.05) is 13.1 Å². The molecule has 0 saturated carbocycles. The van der Waals surface area contributed by atoms with Gasteiger partial charge < -0.3 is 4.90 Å². The first-order valence-electron chi connectivity index (χ1n) is 6.55. The van der Waals surface area contributed by atoms with Gasteiger partial charge in [-0.15, -0.1) is 0 Å². The number of alkyl halides is 1. The summed E-state index contributed by atoms with van der Waals surface area (Å²) < 4.78 is 13.3. The fraction of sp³-hybridized carbons (Fsp3) is 0.571. The van der Waals surface area contributed by atoms with Crippen molar-refractivity contribution in [1.29, 1.82) is 5.26 Å². The Morgan fingerprint density at radius 2 is 2.45 bits per heavy atom. The van der Waals surface area contributed by atoms with Crippen molar-refractivity contribution in [2.24, 2.45) is 0 Å². The van der Waals surface area contributed by atoms with E-state index in [1.807, 2.05) is 36.7 Å². The van der Waals surface area contributed by atoms with Gasteiger partial charge in [0.05, 0.1) is 19.2 Å². The molecule has 1 saturated heterocycles. The summed E-state index contributed by atoms with van der Waals surface area (Å²) in [5.41, 5.74) is 0.782. The zero-order valence-corrected chi connectivity index (χ0v) is 12.4. The normalized spacial score (nSPS) is 22.8. The van der Waals surface area contributed by atoms with Crippen LogP contribution in [0, 0.1) is 11.3 Å². The third-order valence-corrected chi connectivity index (χ3v) is 4.33. The molecule has 6 heteroatoms. The highest BCUT2D eigenvalue weighted by molar-refractivity contribution is 7.08. The summed E-state index contributed by atoms with van der Waals surface area (Å²) in [6.07, 6.45) is -0.968. The van der Waals surface area contributed by atoms with Gasteiger partial charge in [-0.1, -0.05) is 0 Å². The van der Waals surface area contributed by atoms with E-state index in [2.05, 4.69) is 5.32 Å². The number of carbonyl (C=O) groups excluding carboxylic acids is 1. The molecule has 0 radical (unpaired) electrons. The Morgan fingerprint density at radius 1 is 1.70 bits per heavy atom. The van der Waals surface area contributed by atoms with Crippen LogP contribution in [0.4, 0.5) is 4.39 Å². The van der Waals surface area contributed by atoms with Crippen LogP contribution in [-0.4, -0.2) is 36.1 Å². The van der Waals surface area contributed by atoms with E-state index < -0.39 is 12.2 Å². The molecule has 2 rings (SSSR count). The fourth-order valence-electron chi connectivity index (χ4n) is 2.30. The molecule has 0 aliphatic carbocycles. The van der Waals surface area contributed by atoms with Crippen molar-refractivity contribution in [2.45, 2.75) is 38.0 Å². The summed E-state index contributed by atoms with van der Waals surface area (Å²) in [6.45, 7) is 4.11. The van der Waals surface area contributed by atoms with E-state index in [4.69, 9.17) is 5.26 Å². The highest BCUT2D eigenvalue weighted by Crippen LogP contribution is 2.23. The summed E-state index contributed by atoms with van der Waals surface area (Å²) in [5.74, 6) is -0.222. The topological polar surface area (TPSA) is 56.1 Å². The van der Waals surface area contributed by atoms with E-state index >= 15 is 0 Å². The lowest BCUT2D eigenvalue weighted by Crippen LogP contribution is -2.46. The van der Waals surface area contributed by atoms with E-state index in [1.165, 1.54) is 4.90 Å². The van der Waals surface area contributed by atoms with Gasteiger partial charge in [-0.3, -0.25) is 10.1 Å². The average Bonchev–Trinajstić information content (AvgIpc) is 3.05. The van der Waals surface area contributed by atoms with Crippen LogP contribution >= 0.6 is 11.3 Å². The number of carbonyl (C=O) groups is 1. The number of rotatable bonds is 4. The number of thiophene rings is 1. The van der Waals surface area contributed by atoms with Crippen LogP contribution in [0.1, 0.15) is 25.8 Å². The zero-order valence-electron chi connectivity index (χ0n) is 11.6. The number of nitrogens with zero attached hydrogens (tertiary/aromatic N) is 2. The van der Waals surface area contributed by atoms with Gasteiger partial charge in [0.25, 0.3) is 0 Å². The molecule has 1 fully saturated rings. The first-order chi connectivity index (χ1) is 9.44. The maximum atomic E-state index is 13.3. The van der Waals surface area contributed by atoms with E-state index in [0.29, 0.717) is 0 Å². The van der Waals surface area contributed by atoms with Crippen LogP contribution in [0.15, 0.2) is 16.8 Å². The minimum Gasteiger partial charge on any atom is -0.323 e. The van der Waals surface area contributed by atoms with Gasteiger partial charge in [0, 0.05) is 12.0 Å². The largest absolute Gasteiger partial charge is 0.323 e. The fourth-order valence-corrected chi connectivity index (χ4v) is 3.13. The Morgan fingerprint density at radius 3 is 3.05 bits per heavy atom. The molecule has 2 heterocycles. The van der Waals surface area contributed by atoms with Crippen molar-refractivity contribution < 1.29 is 9.18 Å². The number of hydrogen-bond donors (Lipinski definition) is 1. The summed E-state index contributed by atoms with van der Waals surface area (Å²) in [5, 5.41) is 16.2. The number of nitriles is 1. The molecule has 1 N–H and O–H groups in total. The lowest BCUT2D eigenvalue weighted by Gasteiger charge is -2.27. The van der Waals surface area contributed by atoms with Gasteiger partial charge >= 0.3 is 0 Å². The van der Waals surface area contributed by atoms with Gasteiger partial charge in [0.2, 0.25) is 5.91 Å². The number of amides is 1. The van der Waals surface area contributed by atoms with Crippen molar-refractivity contribution in [3.8, 4) is 6.07 Å². The molecule has 0 unspecified atom stereocenters. The number of hydrogen-bond acceptors (Lipinski definition) is 4. The van der Waals surface area contributed by atoms with Crippen molar-refractivity contribution >= 4 is 17.2 Å². The molecular formula is C14H18FN3OS. The second-order valence-corrected chi connectivity index (χ2v) is 6.29. The van der Waals surface area contributed by atoms with E-state index in [9.17, 15) is 9.18 Å². The van der Waals surface area contributed by atoms with Crippen LogP contribution in [0.25, 0.3) is 0 Å². The first-order valence-corrected chi connectivity index (χ1v) is 7.49. The monoisotopic (exact) mass is 295 g/mol. The molecule has 20 heavy (non-hydrogen) atoms. The molecule has 4 nitrogen and oxygen atoms in total. The second kappa shape index (κ2) is 5.90. The standard InChI is InChI=1S/C14H18FN3OS/c1-14(2,10-3-4-20-9-10)17-7-13(19)18-8-11(15)5-12(18)6-16/h3-4,9,11-12,17H,5,7-8H2,1-2H3/t11-,12-/m0/s1. The maximum absolute atomic E-state index is 13.3. The molecule has 0 spiro atoms. The van der Waals surface area contributed by atoms with E-state index in [-0.39, 0.29) is 31.0 Å². The zero-order chi connectivity index (χ0) is 14.8. The Hall–Kier alpha value is -1.45. The summed E-state index contributed by atoms with van der Waals surface area (Å²) in [4.78, 5) is 13.5. The number of likely N-dealkylation sites (tertiary alicyclic amines) is 1. The van der Waals surface area contributed by atoms with Crippen LogP contribution in [-0.2, 0) is 10.3 Å². The summed E-state index contributed by atoms with van der Waals surface area (Å²) in [6, 6.07) is 3.36. The minimum absolute atomic E-state index is 0.0254. The van der Waals surface area contributed by atoms with Gasteiger partial charge in [0.1, 0.15) is 12.2 Å². The SMILES string of the molecule is CC(C)(NCC(=O)N1C[C@@H](F)C[C@H]1C#N)c1ccsc1. The van der Waals surface area contributed by atoms with Gasteiger partial charge in [-0.25, -0.2) is 4.39 Å². The Bertz CT molecular complexity index is 509. The lowest BCUT2D eigenvalue weighted by molar-refractivity contribution is -0.130. The predicted octanol–water partition coefficient (Wildman–Crippen LogP) is 2.04. The third-order valence-electron chi connectivity index (χ3n) is 3.64. The van der Waals surface area contributed by atoms with Gasteiger partial charge in [-0.2, -0.15) is 16.6 Å². The Balaban J connectivity index is 1.94. The van der Waals surface area contributed by atoms with E-state index in [0.717, 1.165) is 5.56 Å². The second-order valence-electron chi connectivity index (χ2n) is 5.51. The van der Waals surface area contributed by atoms with Gasteiger partial charge in [0.15, 0.2) is 0 Å². The highest BCUT2D eigenvalue weighted by Gasteiger charge is 2.35. The molecule has 0 aromatic carbocycles. The predicted molar refractivity (Wildman–Crippen MR) is 76.0 cm³/mol. The molecule has 108 valence electrons. The molecule has 1 aromatic heterocycles. The van der Waals surface area contributed by atoms with Crippen LogP contribution in [0.5, 0.6) is 0 Å². The smallest absolute Gasteiger partial charge is 0.237 e. The van der Waals surface area contributed by atoms with Crippen molar-refractivity contribution in [1.82, 2.24) is 10.2 Å². The highest BCUT2D eigenvalue weighted by atomic mass is 32.1. The molecule has 1 amide bonds. The average molecular weight is 295 g/mol. The van der Waals surface area contributed by atoms with E-state index in [1.54, 1.807) is 11.3 Å². The summed E-state index contributed by atoms with van der Waals surface area (Å²) >= 11 is 1.60. The molecule has 1 aliphatic rings. The van der Waals surface area contributed by atoms with Crippen LogP contribution < -0.4 is 5.32 Å². The molecular weight excluding hydrogens is 277 g/mol.